The van der Waals surface area contributed by atoms with Crippen LogP contribution in [0.15, 0.2) is 80.6 Å². The van der Waals surface area contributed by atoms with E-state index in [1.807, 2.05) is 30.3 Å². The molecular weight excluding hydrogens is 342 g/mol. The summed E-state index contributed by atoms with van der Waals surface area (Å²) in [5, 5.41) is 12.9. The molecule has 5 heteroatoms. The van der Waals surface area contributed by atoms with E-state index in [9.17, 15) is 9.90 Å². The molecule has 0 amide bonds. The average molecular weight is 362 g/mol. The Balaban J connectivity index is 1.71. The first kappa shape index (κ1) is 17.1. The summed E-state index contributed by atoms with van der Waals surface area (Å²) >= 11 is 0. The van der Waals surface area contributed by atoms with Gasteiger partial charge in [0.2, 0.25) is 0 Å². The van der Waals surface area contributed by atoms with Gasteiger partial charge in [-0.05, 0) is 31.2 Å². The zero-order valence-electron chi connectivity index (χ0n) is 14.9. The van der Waals surface area contributed by atoms with E-state index in [1.165, 1.54) is 6.07 Å². The van der Waals surface area contributed by atoms with E-state index in [4.69, 9.17) is 8.83 Å². The van der Waals surface area contributed by atoms with Crippen molar-refractivity contribution in [3.63, 3.8) is 0 Å². The normalized spacial score (nSPS) is 12.3. The van der Waals surface area contributed by atoms with Crippen molar-refractivity contribution in [3.8, 4) is 5.75 Å². The summed E-state index contributed by atoms with van der Waals surface area (Å²) in [4.78, 5) is 12.0. The number of hydrogen-bond donors (Lipinski definition) is 2. The van der Waals surface area contributed by atoms with Gasteiger partial charge >= 0.3 is 5.63 Å². The maximum absolute atomic E-state index is 12.0. The lowest BCUT2D eigenvalue weighted by molar-refractivity contribution is -0.704. The lowest BCUT2D eigenvalue weighted by Crippen LogP contribution is -2.83. The van der Waals surface area contributed by atoms with Gasteiger partial charge in [-0.3, -0.25) is 0 Å². The third-order valence-corrected chi connectivity index (χ3v) is 4.80. The van der Waals surface area contributed by atoms with Gasteiger partial charge in [-0.2, -0.15) is 0 Å². The molecule has 0 fully saturated rings. The van der Waals surface area contributed by atoms with Crippen LogP contribution in [0.2, 0.25) is 0 Å². The smallest absolute Gasteiger partial charge is 0.336 e. The summed E-state index contributed by atoms with van der Waals surface area (Å²) < 4.78 is 11.0. The number of aryl methyl sites for hydroxylation is 1. The van der Waals surface area contributed by atoms with Crippen LogP contribution in [0.25, 0.3) is 11.0 Å². The maximum Gasteiger partial charge on any atom is 0.336 e. The molecule has 4 aromatic rings. The van der Waals surface area contributed by atoms with E-state index < -0.39 is 5.63 Å². The van der Waals surface area contributed by atoms with Crippen molar-refractivity contribution in [2.45, 2.75) is 19.5 Å². The highest BCUT2D eigenvalue weighted by molar-refractivity contribution is 5.84. The van der Waals surface area contributed by atoms with Crippen LogP contribution in [0.1, 0.15) is 28.5 Å². The lowest BCUT2D eigenvalue weighted by atomic mass is 10.0. The summed E-state index contributed by atoms with van der Waals surface area (Å²) in [5.41, 5.74) is 2.55. The number of phenolic OH excluding ortho intramolecular Hbond substituents is 1. The minimum absolute atomic E-state index is 0.0262. The van der Waals surface area contributed by atoms with Crippen LogP contribution in [-0.4, -0.2) is 5.11 Å². The predicted molar refractivity (Wildman–Crippen MR) is 102 cm³/mol. The number of quaternary nitrogens is 1. The Labute approximate surface area is 155 Å². The van der Waals surface area contributed by atoms with Crippen molar-refractivity contribution in [2.24, 2.45) is 0 Å². The second-order valence-corrected chi connectivity index (χ2v) is 6.52. The van der Waals surface area contributed by atoms with Crippen LogP contribution >= 0.6 is 0 Å². The summed E-state index contributed by atoms with van der Waals surface area (Å²) in [7, 11) is 0. The summed E-state index contributed by atoms with van der Waals surface area (Å²) in [6.07, 6.45) is 1.66. The highest BCUT2D eigenvalue weighted by Gasteiger charge is 2.21. The van der Waals surface area contributed by atoms with E-state index in [-0.39, 0.29) is 11.8 Å². The minimum atomic E-state index is -0.422. The van der Waals surface area contributed by atoms with Crippen LogP contribution < -0.4 is 10.9 Å². The highest BCUT2D eigenvalue weighted by Crippen LogP contribution is 2.27. The molecule has 27 heavy (non-hydrogen) atoms. The molecule has 0 aliphatic heterocycles. The van der Waals surface area contributed by atoms with Crippen LogP contribution in [0.5, 0.6) is 5.75 Å². The fraction of sp³-hybridized carbons (Fsp3) is 0.136. The average Bonchev–Trinajstić information content (AvgIpc) is 3.20. The molecule has 4 rings (SSSR count). The second-order valence-electron chi connectivity index (χ2n) is 6.52. The quantitative estimate of drug-likeness (QED) is 0.534. The van der Waals surface area contributed by atoms with Gasteiger partial charge in [0.1, 0.15) is 17.9 Å². The highest BCUT2D eigenvalue weighted by atomic mass is 16.4. The Kier molecular flexibility index (Phi) is 4.52. The number of fused-ring (bicyclic) bond motifs is 1. The third kappa shape index (κ3) is 3.37. The van der Waals surface area contributed by atoms with Crippen molar-refractivity contribution in [2.75, 3.05) is 0 Å². The molecule has 1 atom stereocenters. The number of rotatable bonds is 5. The molecule has 0 saturated heterocycles. The number of aromatic hydroxyl groups is 1. The first-order valence-corrected chi connectivity index (χ1v) is 8.80. The molecule has 0 unspecified atom stereocenters. The molecule has 2 aromatic carbocycles. The molecule has 2 aromatic heterocycles. The molecule has 0 aliphatic rings. The molecule has 3 N–H and O–H groups in total. The molecule has 0 radical (unpaired) electrons. The fourth-order valence-corrected chi connectivity index (χ4v) is 3.37. The van der Waals surface area contributed by atoms with Crippen molar-refractivity contribution in [1.82, 2.24) is 0 Å². The van der Waals surface area contributed by atoms with Gasteiger partial charge in [0, 0.05) is 28.1 Å². The van der Waals surface area contributed by atoms with Crippen molar-refractivity contribution < 1.29 is 19.3 Å². The zero-order valence-corrected chi connectivity index (χ0v) is 14.9. The lowest BCUT2D eigenvalue weighted by Gasteiger charge is -2.15. The molecule has 0 bridgehead atoms. The molecular formula is C22H20NO4+. The van der Waals surface area contributed by atoms with Gasteiger partial charge in [0.15, 0.2) is 11.8 Å². The maximum atomic E-state index is 12.0. The molecule has 2 heterocycles. The van der Waals surface area contributed by atoms with Gasteiger partial charge < -0.3 is 19.3 Å². The fourth-order valence-electron chi connectivity index (χ4n) is 3.37. The van der Waals surface area contributed by atoms with Gasteiger partial charge in [0.25, 0.3) is 0 Å². The van der Waals surface area contributed by atoms with Crippen LogP contribution in [0.3, 0.4) is 0 Å². The summed E-state index contributed by atoms with van der Waals surface area (Å²) in [6.45, 7) is 2.30. The Hall–Kier alpha value is -3.31. The summed E-state index contributed by atoms with van der Waals surface area (Å²) in [6, 6.07) is 18.8. The van der Waals surface area contributed by atoms with Gasteiger partial charge in [-0.15, -0.1) is 0 Å². The Morgan fingerprint density at radius 3 is 2.63 bits per heavy atom. The van der Waals surface area contributed by atoms with E-state index in [0.29, 0.717) is 17.7 Å². The predicted octanol–water partition coefficient (Wildman–Crippen LogP) is 3.25. The van der Waals surface area contributed by atoms with E-state index in [0.717, 1.165) is 22.3 Å². The largest absolute Gasteiger partial charge is 0.508 e. The van der Waals surface area contributed by atoms with E-state index >= 15 is 0 Å². The number of nitrogens with two attached hydrogens (primary N) is 1. The molecule has 0 saturated carbocycles. The Morgan fingerprint density at radius 2 is 1.89 bits per heavy atom. The number of phenols is 1. The second kappa shape index (κ2) is 7.13. The minimum Gasteiger partial charge on any atom is -0.508 e. The van der Waals surface area contributed by atoms with E-state index in [1.54, 1.807) is 25.3 Å². The van der Waals surface area contributed by atoms with Gasteiger partial charge in [0.05, 0.1) is 6.26 Å². The number of furan rings is 1. The third-order valence-electron chi connectivity index (χ3n) is 4.80. The number of benzene rings is 2. The van der Waals surface area contributed by atoms with Gasteiger partial charge in [-0.1, -0.05) is 30.3 Å². The zero-order chi connectivity index (χ0) is 18.8. The molecule has 0 aliphatic carbocycles. The van der Waals surface area contributed by atoms with E-state index in [2.05, 4.69) is 17.4 Å². The first-order chi connectivity index (χ1) is 13.1. The monoisotopic (exact) mass is 362 g/mol. The molecule has 136 valence electrons. The van der Waals surface area contributed by atoms with Crippen LogP contribution in [-0.2, 0) is 6.54 Å². The SMILES string of the molecule is Cc1c(O)ccc2c(C[NH2+][C@@H](c3ccccc3)c3ccco3)cc(=O)oc12. The number of hydrogen-bond acceptors (Lipinski definition) is 4. The Morgan fingerprint density at radius 1 is 1.07 bits per heavy atom. The van der Waals surface area contributed by atoms with Crippen LogP contribution in [0, 0.1) is 6.92 Å². The standard InChI is InChI=1S/C22H19NO4/c1-14-18(24)10-9-17-16(12-20(25)27-22(14)17)13-23-21(19-8-5-11-26-19)15-6-3-2-4-7-15/h2-12,21,23-24H,13H2,1H3/p+1/t21-/m0/s1. The van der Waals surface area contributed by atoms with Crippen molar-refractivity contribution in [3.05, 3.63) is 99.8 Å². The Bertz CT molecular complexity index is 1110. The van der Waals surface area contributed by atoms with Crippen molar-refractivity contribution >= 4 is 11.0 Å². The molecule has 0 spiro atoms. The van der Waals surface area contributed by atoms with Gasteiger partial charge in [-0.25, -0.2) is 4.79 Å². The van der Waals surface area contributed by atoms with Crippen LogP contribution in [0.4, 0.5) is 0 Å². The summed E-state index contributed by atoms with van der Waals surface area (Å²) in [5.74, 6) is 0.965. The first-order valence-electron chi connectivity index (χ1n) is 8.80. The topological polar surface area (TPSA) is 80.2 Å². The van der Waals surface area contributed by atoms with Crippen molar-refractivity contribution in [1.29, 1.82) is 0 Å². The molecule has 5 nitrogen and oxygen atoms in total.